The third-order valence-corrected chi connectivity index (χ3v) is 4.25. The Kier molecular flexibility index (Phi) is 3.80. The van der Waals surface area contributed by atoms with Crippen molar-refractivity contribution in [2.45, 2.75) is 32.9 Å². The Hall–Kier alpha value is -1.55. The van der Waals surface area contributed by atoms with Crippen molar-refractivity contribution in [3.8, 4) is 0 Å². The Balaban J connectivity index is 2.23. The van der Waals surface area contributed by atoms with Crippen LogP contribution in [0.15, 0.2) is 18.2 Å². The van der Waals surface area contributed by atoms with Crippen LogP contribution in [0.5, 0.6) is 0 Å². The molecular formula is C15H23N3O. The molecule has 1 heterocycles. The van der Waals surface area contributed by atoms with E-state index < -0.39 is 0 Å². The van der Waals surface area contributed by atoms with Crippen LogP contribution < -0.4 is 5.73 Å². The summed E-state index contributed by atoms with van der Waals surface area (Å²) in [5, 5.41) is 0. The summed E-state index contributed by atoms with van der Waals surface area (Å²) in [6, 6.07) is 6.31. The highest BCUT2D eigenvalue weighted by Crippen LogP contribution is 2.20. The average Bonchev–Trinajstić information content (AvgIpc) is 2.38. The largest absolute Gasteiger partial charge is 0.398 e. The lowest BCUT2D eigenvalue weighted by Crippen LogP contribution is -2.56. The Morgan fingerprint density at radius 2 is 1.84 bits per heavy atom. The second kappa shape index (κ2) is 5.21. The first-order chi connectivity index (χ1) is 8.91. The normalized spacial score (nSPS) is 24.5. The van der Waals surface area contributed by atoms with Gasteiger partial charge in [-0.05, 0) is 45.5 Å². The van der Waals surface area contributed by atoms with E-state index in [4.69, 9.17) is 5.73 Å². The van der Waals surface area contributed by atoms with Gasteiger partial charge in [-0.2, -0.15) is 0 Å². The number of nitrogens with two attached hydrogens (primary N) is 1. The highest BCUT2D eigenvalue weighted by molar-refractivity contribution is 5.97. The van der Waals surface area contributed by atoms with Crippen molar-refractivity contribution >= 4 is 11.6 Å². The first-order valence-corrected chi connectivity index (χ1v) is 6.78. The monoisotopic (exact) mass is 261 g/mol. The van der Waals surface area contributed by atoms with Crippen LogP contribution in [0.4, 0.5) is 5.69 Å². The first-order valence-electron chi connectivity index (χ1n) is 6.78. The summed E-state index contributed by atoms with van der Waals surface area (Å²) in [5.74, 6) is 0.0941. The zero-order valence-electron chi connectivity index (χ0n) is 12.2. The average molecular weight is 261 g/mol. The zero-order chi connectivity index (χ0) is 14.2. The van der Waals surface area contributed by atoms with Gasteiger partial charge in [0.1, 0.15) is 0 Å². The van der Waals surface area contributed by atoms with E-state index in [-0.39, 0.29) is 5.91 Å². The predicted molar refractivity (Wildman–Crippen MR) is 78.2 cm³/mol. The van der Waals surface area contributed by atoms with Gasteiger partial charge in [-0.1, -0.05) is 6.07 Å². The number of piperazine rings is 1. The van der Waals surface area contributed by atoms with Crippen LogP contribution in [-0.4, -0.2) is 47.9 Å². The van der Waals surface area contributed by atoms with Crippen molar-refractivity contribution in [2.24, 2.45) is 0 Å². The second-order valence-corrected chi connectivity index (χ2v) is 5.59. The molecule has 1 aromatic rings. The maximum atomic E-state index is 12.6. The summed E-state index contributed by atoms with van der Waals surface area (Å²) >= 11 is 0. The minimum absolute atomic E-state index is 0.0941. The van der Waals surface area contributed by atoms with Gasteiger partial charge >= 0.3 is 0 Å². The number of carbonyl (C=O) groups is 1. The van der Waals surface area contributed by atoms with Crippen molar-refractivity contribution in [3.63, 3.8) is 0 Å². The van der Waals surface area contributed by atoms with Crippen LogP contribution in [0.2, 0.25) is 0 Å². The Morgan fingerprint density at radius 1 is 1.26 bits per heavy atom. The molecule has 1 saturated heterocycles. The second-order valence-electron chi connectivity index (χ2n) is 5.59. The third kappa shape index (κ3) is 2.59. The number of anilines is 1. The van der Waals surface area contributed by atoms with Crippen molar-refractivity contribution in [2.75, 3.05) is 25.9 Å². The molecule has 1 aliphatic heterocycles. The Morgan fingerprint density at radius 3 is 2.42 bits per heavy atom. The van der Waals surface area contributed by atoms with Crippen LogP contribution in [-0.2, 0) is 0 Å². The topological polar surface area (TPSA) is 49.6 Å². The smallest absolute Gasteiger partial charge is 0.254 e. The van der Waals surface area contributed by atoms with Crippen molar-refractivity contribution in [1.82, 2.24) is 9.80 Å². The first kappa shape index (κ1) is 13.9. The van der Waals surface area contributed by atoms with Crippen molar-refractivity contribution < 1.29 is 4.79 Å². The minimum Gasteiger partial charge on any atom is -0.398 e. The van der Waals surface area contributed by atoms with Crippen molar-refractivity contribution in [3.05, 3.63) is 29.3 Å². The molecule has 4 heteroatoms. The van der Waals surface area contributed by atoms with E-state index >= 15 is 0 Å². The number of amides is 1. The molecule has 19 heavy (non-hydrogen) atoms. The van der Waals surface area contributed by atoms with Gasteiger partial charge in [0.05, 0.1) is 0 Å². The van der Waals surface area contributed by atoms with Crippen LogP contribution in [0.1, 0.15) is 29.8 Å². The van der Waals surface area contributed by atoms with Crippen molar-refractivity contribution in [1.29, 1.82) is 0 Å². The number of benzene rings is 1. The zero-order valence-corrected chi connectivity index (χ0v) is 12.2. The molecule has 0 spiro atoms. The van der Waals surface area contributed by atoms with E-state index in [0.29, 0.717) is 17.8 Å². The Labute approximate surface area is 115 Å². The number of carbonyl (C=O) groups excluding carboxylic acids is 1. The molecule has 2 N–H and O–H groups in total. The van der Waals surface area contributed by atoms with Gasteiger partial charge in [-0.3, -0.25) is 9.69 Å². The fourth-order valence-corrected chi connectivity index (χ4v) is 2.63. The molecule has 1 aromatic carbocycles. The number of nitrogens with zero attached hydrogens (tertiary/aromatic N) is 2. The fraction of sp³-hybridized carbons (Fsp3) is 0.533. The lowest BCUT2D eigenvalue weighted by atomic mass is 10.0. The van der Waals surface area contributed by atoms with E-state index in [2.05, 4.69) is 25.8 Å². The Bertz CT molecular complexity index is 474. The summed E-state index contributed by atoms with van der Waals surface area (Å²) in [6.45, 7) is 7.76. The summed E-state index contributed by atoms with van der Waals surface area (Å²) in [5.41, 5.74) is 8.17. The molecule has 4 nitrogen and oxygen atoms in total. The fourth-order valence-electron chi connectivity index (χ4n) is 2.63. The van der Waals surface area contributed by atoms with Gasteiger partial charge < -0.3 is 10.6 Å². The van der Waals surface area contributed by atoms with Gasteiger partial charge in [-0.15, -0.1) is 0 Å². The van der Waals surface area contributed by atoms with Gasteiger partial charge in [0.15, 0.2) is 0 Å². The van der Waals surface area contributed by atoms with Gasteiger partial charge in [-0.25, -0.2) is 0 Å². The van der Waals surface area contributed by atoms with Gasteiger partial charge in [0, 0.05) is 36.4 Å². The maximum Gasteiger partial charge on any atom is 0.254 e. The molecule has 1 aliphatic rings. The summed E-state index contributed by atoms with van der Waals surface area (Å²) in [7, 11) is 2.11. The predicted octanol–water partition coefficient (Wildman–Crippen LogP) is 1.74. The SMILES string of the molecule is Cc1c(N)cccc1C(=O)N1CC(C)N(C)C(C)C1. The molecule has 0 saturated carbocycles. The molecule has 0 aliphatic carbocycles. The van der Waals surface area contributed by atoms with Crippen LogP contribution in [0.25, 0.3) is 0 Å². The summed E-state index contributed by atoms with van der Waals surface area (Å²) < 4.78 is 0. The number of hydrogen-bond donors (Lipinski definition) is 1. The number of nitrogen functional groups attached to an aromatic ring is 1. The van der Waals surface area contributed by atoms with Crippen LogP contribution >= 0.6 is 0 Å². The molecule has 0 aromatic heterocycles. The lowest BCUT2D eigenvalue weighted by molar-refractivity contribution is 0.0413. The number of likely N-dealkylation sites (N-methyl/N-ethyl adjacent to an activating group) is 1. The molecule has 0 radical (unpaired) electrons. The molecule has 0 bridgehead atoms. The van der Waals surface area contributed by atoms with Gasteiger partial charge in [0.25, 0.3) is 5.91 Å². The van der Waals surface area contributed by atoms with E-state index in [1.807, 2.05) is 30.0 Å². The van der Waals surface area contributed by atoms with Crippen LogP contribution in [0.3, 0.4) is 0 Å². The van der Waals surface area contributed by atoms with E-state index in [9.17, 15) is 4.79 Å². The lowest BCUT2D eigenvalue weighted by Gasteiger charge is -2.42. The van der Waals surface area contributed by atoms with Crippen LogP contribution in [0, 0.1) is 6.92 Å². The molecule has 104 valence electrons. The standard InChI is InChI=1S/C15H23N3O/c1-10-8-18(9-11(2)17(10)4)15(19)13-6-5-7-14(16)12(13)3/h5-7,10-11H,8-9,16H2,1-4H3. The quantitative estimate of drug-likeness (QED) is 0.783. The van der Waals surface area contributed by atoms with E-state index in [1.54, 1.807) is 0 Å². The van der Waals surface area contributed by atoms with E-state index in [0.717, 1.165) is 24.2 Å². The summed E-state index contributed by atoms with van der Waals surface area (Å²) in [4.78, 5) is 16.9. The van der Waals surface area contributed by atoms with E-state index in [1.165, 1.54) is 0 Å². The maximum absolute atomic E-state index is 12.6. The molecule has 1 amide bonds. The number of rotatable bonds is 1. The molecular weight excluding hydrogens is 238 g/mol. The molecule has 2 atom stereocenters. The third-order valence-electron chi connectivity index (χ3n) is 4.25. The summed E-state index contributed by atoms with van der Waals surface area (Å²) in [6.07, 6.45) is 0. The number of hydrogen-bond acceptors (Lipinski definition) is 3. The highest BCUT2D eigenvalue weighted by Gasteiger charge is 2.30. The highest BCUT2D eigenvalue weighted by atomic mass is 16.2. The molecule has 1 fully saturated rings. The minimum atomic E-state index is 0.0941. The van der Waals surface area contributed by atoms with Gasteiger partial charge in [0.2, 0.25) is 0 Å². The molecule has 2 unspecified atom stereocenters. The molecule has 2 rings (SSSR count).